The number of hydrogen-bond donors (Lipinski definition) is 2. The summed E-state index contributed by atoms with van der Waals surface area (Å²) < 4.78 is 0. The summed E-state index contributed by atoms with van der Waals surface area (Å²) in [4.78, 5) is 14.2. The second kappa shape index (κ2) is 5.83. The average Bonchev–Trinajstić information content (AvgIpc) is 2.90. The SMILES string of the molecule is O=C(NCc1ccccc1)N1CCC2(CCNCC2)C1. The summed E-state index contributed by atoms with van der Waals surface area (Å²) in [5, 5.41) is 6.44. The van der Waals surface area contributed by atoms with Crippen molar-refractivity contribution >= 4 is 6.03 Å². The lowest BCUT2D eigenvalue weighted by Gasteiger charge is -2.33. The van der Waals surface area contributed by atoms with Crippen LogP contribution in [0.3, 0.4) is 0 Å². The van der Waals surface area contributed by atoms with Gasteiger partial charge in [-0.1, -0.05) is 30.3 Å². The van der Waals surface area contributed by atoms with Gasteiger partial charge in [-0.2, -0.15) is 0 Å². The molecular weight excluding hydrogens is 250 g/mol. The normalized spacial score (nSPS) is 21.1. The van der Waals surface area contributed by atoms with Crippen molar-refractivity contribution in [3.05, 3.63) is 35.9 Å². The highest BCUT2D eigenvalue weighted by molar-refractivity contribution is 5.74. The molecule has 1 aromatic rings. The van der Waals surface area contributed by atoms with Gasteiger partial charge in [0.25, 0.3) is 0 Å². The Balaban J connectivity index is 1.51. The van der Waals surface area contributed by atoms with Gasteiger partial charge in [0.15, 0.2) is 0 Å². The molecule has 20 heavy (non-hydrogen) atoms. The fourth-order valence-electron chi connectivity index (χ4n) is 3.36. The Labute approximate surface area is 120 Å². The van der Waals surface area contributed by atoms with E-state index in [2.05, 4.69) is 10.6 Å². The number of likely N-dealkylation sites (tertiary alicyclic amines) is 1. The average molecular weight is 273 g/mol. The molecular formula is C16H23N3O. The third-order valence-electron chi connectivity index (χ3n) is 4.68. The Morgan fingerprint density at radius 3 is 2.70 bits per heavy atom. The van der Waals surface area contributed by atoms with Crippen molar-refractivity contribution in [2.45, 2.75) is 25.8 Å². The van der Waals surface area contributed by atoms with Crippen LogP contribution in [0, 0.1) is 5.41 Å². The van der Waals surface area contributed by atoms with E-state index in [-0.39, 0.29) is 6.03 Å². The lowest BCUT2D eigenvalue weighted by Crippen LogP contribution is -2.42. The van der Waals surface area contributed by atoms with Crippen molar-refractivity contribution in [1.29, 1.82) is 0 Å². The van der Waals surface area contributed by atoms with Crippen LogP contribution >= 0.6 is 0 Å². The second-order valence-corrected chi connectivity index (χ2v) is 6.07. The monoisotopic (exact) mass is 273 g/mol. The number of hydrogen-bond acceptors (Lipinski definition) is 2. The maximum Gasteiger partial charge on any atom is 0.317 e. The molecule has 0 radical (unpaired) electrons. The van der Waals surface area contributed by atoms with Gasteiger partial charge in [0, 0.05) is 19.6 Å². The minimum Gasteiger partial charge on any atom is -0.334 e. The molecule has 0 bridgehead atoms. The van der Waals surface area contributed by atoms with Crippen molar-refractivity contribution in [3.63, 3.8) is 0 Å². The molecule has 2 aliphatic heterocycles. The summed E-state index contributed by atoms with van der Waals surface area (Å²) in [7, 11) is 0. The minimum atomic E-state index is 0.0873. The zero-order chi connectivity index (χ0) is 13.8. The van der Waals surface area contributed by atoms with Crippen LogP contribution in [-0.2, 0) is 6.54 Å². The minimum absolute atomic E-state index is 0.0873. The van der Waals surface area contributed by atoms with Gasteiger partial charge in [0.05, 0.1) is 0 Å². The van der Waals surface area contributed by atoms with Crippen LogP contribution in [0.2, 0.25) is 0 Å². The molecule has 4 nitrogen and oxygen atoms in total. The Bertz CT molecular complexity index is 454. The van der Waals surface area contributed by atoms with Gasteiger partial charge in [0.1, 0.15) is 0 Å². The van der Waals surface area contributed by atoms with E-state index >= 15 is 0 Å². The molecule has 3 rings (SSSR count). The molecule has 4 heteroatoms. The first kappa shape index (κ1) is 13.4. The van der Waals surface area contributed by atoms with Gasteiger partial charge < -0.3 is 15.5 Å². The highest BCUT2D eigenvalue weighted by Gasteiger charge is 2.40. The number of rotatable bonds is 2. The van der Waals surface area contributed by atoms with E-state index in [9.17, 15) is 4.79 Å². The summed E-state index contributed by atoms with van der Waals surface area (Å²) >= 11 is 0. The summed E-state index contributed by atoms with van der Waals surface area (Å²) in [6.07, 6.45) is 3.57. The zero-order valence-corrected chi connectivity index (χ0v) is 11.9. The number of nitrogens with one attached hydrogen (secondary N) is 2. The first-order chi connectivity index (χ1) is 9.77. The largest absolute Gasteiger partial charge is 0.334 e. The van der Waals surface area contributed by atoms with Gasteiger partial charge in [-0.25, -0.2) is 4.79 Å². The van der Waals surface area contributed by atoms with Crippen LogP contribution in [0.5, 0.6) is 0 Å². The highest BCUT2D eigenvalue weighted by Crippen LogP contribution is 2.38. The fourth-order valence-corrected chi connectivity index (χ4v) is 3.36. The summed E-state index contributed by atoms with van der Waals surface area (Å²) in [5.74, 6) is 0. The summed E-state index contributed by atoms with van der Waals surface area (Å²) in [6.45, 7) is 4.64. The van der Waals surface area contributed by atoms with E-state index in [0.29, 0.717) is 12.0 Å². The van der Waals surface area contributed by atoms with Crippen molar-refractivity contribution in [3.8, 4) is 0 Å². The molecule has 2 saturated heterocycles. The van der Waals surface area contributed by atoms with E-state index in [1.165, 1.54) is 12.8 Å². The van der Waals surface area contributed by atoms with Crippen LogP contribution in [0.4, 0.5) is 4.79 Å². The molecule has 1 spiro atoms. The Morgan fingerprint density at radius 2 is 1.95 bits per heavy atom. The molecule has 0 saturated carbocycles. The summed E-state index contributed by atoms with van der Waals surface area (Å²) in [6, 6.07) is 10.2. The van der Waals surface area contributed by atoms with Crippen LogP contribution in [0.25, 0.3) is 0 Å². The topological polar surface area (TPSA) is 44.4 Å². The van der Waals surface area contributed by atoms with Crippen molar-refractivity contribution in [2.24, 2.45) is 5.41 Å². The molecule has 0 aromatic heterocycles. The zero-order valence-electron chi connectivity index (χ0n) is 11.9. The van der Waals surface area contributed by atoms with Crippen LogP contribution in [-0.4, -0.2) is 37.1 Å². The number of carbonyl (C=O) groups is 1. The highest BCUT2D eigenvalue weighted by atomic mass is 16.2. The molecule has 108 valence electrons. The van der Waals surface area contributed by atoms with Gasteiger partial charge in [-0.15, -0.1) is 0 Å². The quantitative estimate of drug-likeness (QED) is 0.865. The van der Waals surface area contributed by atoms with E-state index in [4.69, 9.17) is 0 Å². The molecule has 0 atom stereocenters. The lowest BCUT2D eigenvalue weighted by atomic mass is 9.78. The smallest absolute Gasteiger partial charge is 0.317 e. The molecule has 2 heterocycles. The van der Waals surface area contributed by atoms with Gasteiger partial charge in [-0.3, -0.25) is 0 Å². The first-order valence-electron chi connectivity index (χ1n) is 7.55. The molecule has 2 N–H and O–H groups in total. The molecule has 2 fully saturated rings. The number of benzene rings is 1. The predicted molar refractivity (Wildman–Crippen MR) is 79.4 cm³/mol. The molecule has 0 aliphatic carbocycles. The Morgan fingerprint density at radius 1 is 1.20 bits per heavy atom. The van der Waals surface area contributed by atoms with E-state index in [0.717, 1.165) is 38.2 Å². The van der Waals surface area contributed by atoms with Crippen LogP contribution < -0.4 is 10.6 Å². The predicted octanol–water partition coefficient (Wildman–Crippen LogP) is 1.97. The molecule has 2 amide bonds. The molecule has 2 aliphatic rings. The van der Waals surface area contributed by atoms with Gasteiger partial charge >= 0.3 is 6.03 Å². The Hall–Kier alpha value is -1.55. The maximum atomic E-state index is 12.2. The van der Waals surface area contributed by atoms with Crippen molar-refractivity contribution < 1.29 is 4.79 Å². The van der Waals surface area contributed by atoms with Gasteiger partial charge in [0.2, 0.25) is 0 Å². The van der Waals surface area contributed by atoms with Crippen molar-refractivity contribution in [1.82, 2.24) is 15.5 Å². The number of urea groups is 1. The maximum absolute atomic E-state index is 12.2. The number of carbonyl (C=O) groups excluding carboxylic acids is 1. The van der Waals surface area contributed by atoms with E-state index in [1.807, 2.05) is 35.2 Å². The molecule has 0 unspecified atom stereocenters. The van der Waals surface area contributed by atoms with E-state index < -0.39 is 0 Å². The third-order valence-corrected chi connectivity index (χ3v) is 4.68. The van der Waals surface area contributed by atoms with E-state index in [1.54, 1.807) is 0 Å². The van der Waals surface area contributed by atoms with Crippen molar-refractivity contribution in [2.75, 3.05) is 26.2 Å². The second-order valence-electron chi connectivity index (χ2n) is 6.07. The standard InChI is InChI=1S/C16H23N3O/c20-15(18-12-14-4-2-1-3-5-14)19-11-8-16(13-19)6-9-17-10-7-16/h1-5,17H,6-13H2,(H,18,20). The number of nitrogens with zero attached hydrogens (tertiary/aromatic N) is 1. The van der Waals surface area contributed by atoms with Crippen LogP contribution in [0.15, 0.2) is 30.3 Å². The number of piperidine rings is 1. The van der Waals surface area contributed by atoms with Gasteiger partial charge in [-0.05, 0) is 43.3 Å². The summed E-state index contributed by atoms with van der Waals surface area (Å²) in [5.41, 5.74) is 1.53. The van der Waals surface area contributed by atoms with Crippen LogP contribution in [0.1, 0.15) is 24.8 Å². The molecule has 1 aromatic carbocycles. The Kier molecular flexibility index (Phi) is 3.92. The fraction of sp³-hybridized carbons (Fsp3) is 0.562. The first-order valence-corrected chi connectivity index (χ1v) is 7.55. The number of amides is 2. The lowest BCUT2D eigenvalue weighted by molar-refractivity contribution is 0.183. The third kappa shape index (κ3) is 2.96.